The van der Waals surface area contributed by atoms with Crippen molar-refractivity contribution in [3.63, 3.8) is 0 Å². The van der Waals surface area contributed by atoms with E-state index in [1.807, 2.05) is 11.8 Å². The van der Waals surface area contributed by atoms with Gasteiger partial charge in [0.05, 0.1) is 6.42 Å². The smallest absolute Gasteiger partial charge is 0.320 e. The lowest BCUT2D eigenvalue weighted by molar-refractivity contribution is -0.138. The second kappa shape index (κ2) is 7.24. The number of amides is 2. The van der Waals surface area contributed by atoms with Crippen LogP contribution in [0.25, 0.3) is 0 Å². The highest BCUT2D eigenvalue weighted by Crippen LogP contribution is 2.21. The van der Waals surface area contributed by atoms with Crippen LogP contribution in [0.3, 0.4) is 0 Å². The molecule has 0 aromatic carbocycles. The molecule has 18 heavy (non-hydrogen) atoms. The second-order valence-electron chi connectivity index (χ2n) is 4.80. The summed E-state index contributed by atoms with van der Waals surface area (Å²) < 4.78 is 0. The molecule has 1 rings (SSSR count). The predicted molar refractivity (Wildman–Crippen MR) is 69.5 cm³/mol. The number of unbranched alkanes of at least 4 members (excludes halogenated alkanes) is 1. The number of carboxylic acids is 1. The molecule has 1 heterocycles. The molecule has 1 saturated heterocycles. The Labute approximate surface area is 109 Å². The molecule has 2 amide bonds. The molecule has 0 bridgehead atoms. The summed E-state index contributed by atoms with van der Waals surface area (Å²) in [6, 6.07) is -0.111. The van der Waals surface area contributed by atoms with E-state index in [1.54, 1.807) is 4.90 Å². The van der Waals surface area contributed by atoms with Crippen LogP contribution in [0.2, 0.25) is 0 Å². The Kier molecular flexibility index (Phi) is 5.95. The molecule has 1 aliphatic rings. The minimum absolute atomic E-state index is 0.00898. The van der Waals surface area contributed by atoms with Crippen molar-refractivity contribution in [2.45, 2.75) is 52.0 Å². The van der Waals surface area contributed by atoms with E-state index >= 15 is 0 Å². The summed E-state index contributed by atoms with van der Waals surface area (Å²) in [4.78, 5) is 26.7. The fraction of sp³-hybridized carbons (Fsp3) is 0.846. The molecule has 0 aliphatic carbocycles. The van der Waals surface area contributed by atoms with E-state index in [-0.39, 0.29) is 18.5 Å². The van der Waals surface area contributed by atoms with E-state index < -0.39 is 5.97 Å². The van der Waals surface area contributed by atoms with Crippen molar-refractivity contribution in [3.05, 3.63) is 0 Å². The predicted octanol–water partition coefficient (Wildman–Crippen LogP) is 2.17. The average Bonchev–Trinajstić information content (AvgIpc) is 2.77. The van der Waals surface area contributed by atoms with Crippen LogP contribution >= 0.6 is 0 Å². The van der Waals surface area contributed by atoms with Crippen molar-refractivity contribution in [1.82, 2.24) is 9.80 Å². The molecule has 1 aliphatic heterocycles. The molecule has 1 unspecified atom stereocenters. The molecule has 0 aromatic heterocycles. The zero-order valence-corrected chi connectivity index (χ0v) is 11.4. The Hall–Kier alpha value is -1.26. The van der Waals surface area contributed by atoms with E-state index in [4.69, 9.17) is 5.11 Å². The number of aliphatic carboxylic acids is 1. The summed E-state index contributed by atoms with van der Waals surface area (Å²) in [5, 5.41) is 8.86. The van der Waals surface area contributed by atoms with Crippen LogP contribution in [0, 0.1) is 0 Å². The van der Waals surface area contributed by atoms with Crippen LogP contribution in [-0.4, -0.2) is 52.6 Å². The fourth-order valence-electron chi connectivity index (χ4n) is 2.42. The lowest BCUT2D eigenvalue weighted by atomic mass is 10.1. The molecule has 0 radical (unpaired) electrons. The topological polar surface area (TPSA) is 60.9 Å². The largest absolute Gasteiger partial charge is 0.481 e. The third-order valence-corrected chi connectivity index (χ3v) is 3.47. The molecule has 5 nitrogen and oxygen atoms in total. The van der Waals surface area contributed by atoms with Gasteiger partial charge in [-0.05, 0) is 26.2 Å². The number of rotatable bonds is 6. The van der Waals surface area contributed by atoms with Crippen molar-refractivity contribution in [2.24, 2.45) is 0 Å². The number of hydrogen-bond donors (Lipinski definition) is 1. The third kappa shape index (κ3) is 3.89. The summed E-state index contributed by atoms with van der Waals surface area (Å²) in [5.74, 6) is -0.823. The number of hydrogen-bond acceptors (Lipinski definition) is 2. The first-order valence-corrected chi connectivity index (χ1v) is 6.87. The van der Waals surface area contributed by atoms with Gasteiger partial charge in [0.2, 0.25) is 0 Å². The molecule has 0 aromatic rings. The quantitative estimate of drug-likeness (QED) is 0.792. The minimum atomic E-state index is -0.823. The van der Waals surface area contributed by atoms with Gasteiger partial charge in [-0.25, -0.2) is 4.79 Å². The van der Waals surface area contributed by atoms with Gasteiger partial charge in [-0.15, -0.1) is 0 Å². The maximum atomic E-state index is 12.3. The van der Waals surface area contributed by atoms with Crippen molar-refractivity contribution in [1.29, 1.82) is 0 Å². The summed E-state index contributed by atoms with van der Waals surface area (Å²) in [7, 11) is 0. The highest BCUT2D eigenvalue weighted by Gasteiger charge is 2.32. The van der Waals surface area contributed by atoms with Crippen molar-refractivity contribution >= 4 is 12.0 Å². The highest BCUT2D eigenvalue weighted by molar-refractivity contribution is 5.76. The van der Waals surface area contributed by atoms with Gasteiger partial charge >= 0.3 is 12.0 Å². The van der Waals surface area contributed by atoms with Gasteiger partial charge in [0.1, 0.15) is 0 Å². The van der Waals surface area contributed by atoms with Gasteiger partial charge < -0.3 is 14.9 Å². The van der Waals surface area contributed by atoms with E-state index in [9.17, 15) is 9.59 Å². The lowest BCUT2D eigenvalue weighted by Crippen LogP contribution is -2.46. The second-order valence-corrected chi connectivity index (χ2v) is 4.80. The normalized spacial score (nSPS) is 19.0. The average molecular weight is 256 g/mol. The molecular formula is C13H24N2O3. The number of urea groups is 1. The molecular weight excluding hydrogens is 232 g/mol. The van der Waals surface area contributed by atoms with E-state index in [0.717, 1.165) is 32.2 Å². The zero-order chi connectivity index (χ0) is 13.5. The van der Waals surface area contributed by atoms with Crippen molar-refractivity contribution < 1.29 is 14.7 Å². The maximum absolute atomic E-state index is 12.3. The zero-order valence-electron chi connectivity index (χ0n) is 11.4. The van der Waals surface area contributed by atoms with Gasteiger partial charge in [-0.1, -0.05) is 13.3 Å². The molecule has 1 atom stereocenters. The first-order valence-electron chi connectivity index (χ1n) is 6.87. The Bertz CT molecular complexity index is 294. The van der Waals surface area contributed by atoms with Gasteiger partial charge in [-0.2, -0.15) is 0 Å². The Morgan fingerprint density at radius 3 is 2.67 bits per heavy atom. The Morgan fingerprint density at radius 2 is 2.11 bits per heavy atom. The SMILES string of the molecule is CCCCN(CC)C(=O)N1CCCC1CC(=O)O. The minimum Gasteiger partial charge on any atom is -0.481 e. The fourth-order valence-corrected chi connectivity index (χ4v) is 2.42. The number of carboxylic acid groups (broad SMARTS) is 1. The Balaban J connectivity index is 2.59. The van der Waals surface area contributed by atoms with Crippen LogP contribution in [0.4, 0.5) is 4.79 Å². The van der Waals surface area contributed by atoms with Crippen LogP contribution in [0.1, 0.15) is 46.0 Å². The van der Waals surface area contributed by atoms with Crippen LogP contribution < -0.4 is 0 Å². The number of likely N-dealkylation sites (tertiary alicyclic amines) is 1. The molecule has 5 heteroatoms. The van der Waals surface area contributed by atoms with Crippen molar-refractivity contribution in [2.75, 3.05) is 19.6 Å². The first-order chi connectivity index (χ1) is 8.60. The molecule has 1 N–H and O–H groups in total. The summed E-state index contributed by atoms with van der Waals surface area (Å²) in [5.41, 5.74) is 0. The highest BCUT2D eigenvalue weighted by atomic mass is 16.4. The standard InChI is InChI=1S/C13H24N2O3/c1-3-5-8-14(4-2)13(18)15-9-6-7-11(15)10-12(16)17/h11H,3-10H2,1-2H3,(H,16,17). The van der Waals surface area contributed by atoms with Gasteiger partial charge in [-0.3, -0.25) is 4.79 Å². The van der Waals surface area contributed by atoms with Crippen molar-refractivity contribution in [3.8, 4) is 0 Å². The molecule has 0 spiro atoms. The van der Waals surface area contributed by atoms with Gasteiger partial charge in [0.15, 0.2) is 0 Å². The summed E-state index contributed by atoms with van der Waals surface area (Å²) >= 11 is 0. The van der Waals surface area contributed by atoms with E-state index in [2.05, 4.69) is 6.92 Å². The number of nitrogens with zero attached hydrogens (tertiary/aromatic N) is 2. The van der Waals surface area contributed by atoms with Crippen LogP contribution in [-0.2, 0) is 4.79 Å². The number of carbonyl (C=O) groups excluding carboxylic acids is 1. The summed E-state index contributed by atoms with van der Waals surface area (Å²) in [6.07, 6.45) is 3.84. The maximum Gasteiger partial charge on any atom is 0.320 e. The van der Waals surface area contributed by atoms with Gasteiger partial charge in [0.25, 0.3) is 0 Å². The first kappa shape index (κ1) is 14.8. The molecule has 104 valence electrons. The Morgan fingerprint density at radius 1 is 1.39 bits per heavy atom. The van der Waals surface area contributed by atoms with E-state index in [0.29, 0.717) is 13.1 Å². The molecule has 1 fully saturated rings. The van der Waals surface area contributed by atoms with Crippen LogP contribution in [0.5, 0.6) is 0 Å². The van der Waals surface area contributed by atoms with E-state index in [1.165, 1.54) is 0 Å². The number of carbonyl (C=O) groups is 2. The molecule has 0 saturated carbocycles. The summed E-state index contributed by atoms with van der Waals surface area (Å²) in [6.45, 7) is 6.22. The van der Waals surface area contributed by atoms with Gasteiger partial charge in [0, 0.05) is 25.7 Å². The van der Waals surface area contributed by atoms with Crippen LogP contribution in [0.15, 0.2) is 0 Å². The third-order valence-electron chi connectivity index (χ3n) is 3.47. The monoisotopic (exact) mass is 256 g/mol. The lowest BCUT2D eigenvalue weighted by Gasteiger charge is -2.30.